The molecule has 0 aliphatic carbocycles. The van der Waals surface area contributed by atoms with Crippen LogP contribution in [-0.4, -0.2) is 74.3 Å². The van der Waals surface area contributed by atoms with Crippen LogP contribution in [-0.2, 0) is 21.2 Å². The van der Waals surface area contributed by atoms with E-state index in [4.69, 9.17) is 16.3 Å². The molecule has 37 heavy (non-hydrogen) atoms. The van der Waals surface area contributed by atoms with E-state index in [-0.39, 0.29) is 36.0 Å². The topological polar surface area (TPSA) is 70.2 Å². The molecule has 196 valence electrons. The summed E-state index contributed by atoms with van der Waals surface area (Å²) in [5, 5.41) is 2.61. The summed E-state index contributed by atoms with van der Waals surface area (Å²) in [5.74, 6) is 0.820. The molecule has 1 amide bonds. The first-order valence-electron chi connectivity index (χ1n) is 12.3. The molecule has 1 fully saturated rings. The number of benzene rings is 2. The lowest BCUT2D eigenvalue weighted by Crippen LogP contribution is -2.57. The minimum absolute atomic E-state index is 0.00569. The van der Waals surface area contributed by atoms with Crippen molar-refractivity contribution < 1.29 is 17.9 Å². The number of carbonyl (C=O) groups is 1. The van der Waals surface area contributed by atoms with Gasteiger partial charge in [0.25, 0.3) is 0 Å². The standard InChI is InChI=1S/C27H30ClN3O4S2/c1-19-17-29(14-15-31(19)37(33,34)23-9-5-21(28)6-10-23)26(32)18-30-13-11-25-24(12-16-36-25)27(30)20-3-7-22(35-2)8-4-20/h3-10,12,16,19,27H,11,13-15,17-18H2,1-2H3. The van der Waals surface area contributed by atoms with Crippen LogP contribution in [0.5, 0.6) is 5.75 Å². The zero-order chi connectivity index (χ0) is 26.2. The van der Waals surface area contributed by atoms with E-state index >= 15 is 0 Å². The summed E-state index contributed by atoms with van der Waals surface area (Å²) in [6, 6.07) is 16.1. The van der Waals surface area contributed by atoms with Crippen LogP contribution in [0.15, 0.2) is 64.9 Å². The second-order valence-electron chi connectivity index (χ2n) is 9.45. The van der Waals surface area contributed by atoms with E-state index in [1.54, 1.807) is 35.5 Å². The maximum absolute atomic E-state index is 13.5. The van der Waals surface area contributed by atoms with Gasteiger partial charge >= 0.3 is 0 Å². The van der Waals surface area contributed by atoms with Gasteiger partial charge in [-0.05, 0) is 72.3 Å². The first-order chi connectivity index (χ1) is 17.8. The van der Waals surface area contributed by atoms with Crippen LogP contribution in [0.1, 0.15) is 29.0 Å². The normalized spacial score (nSPS) is 21.0. The second-order valence-corrected chi connectivity index (χ2v) is 12.8. The number of carbonyl (C=O) groups excluding carboxylic acids is 1. The van der Waals surface area contributed by atoms with Crippen LogP contribution in [0.3, 0.4) is 0 Å². The van der Waals surface area contributed by atoms with E-state index in [0.717, 1.165) is 24.3 Å². The highest BCUT2D eigenvalue weighted by atomic mass is 35.5. The highest BCUT2D eigenvalue weighted by Crippen LogP contribution is 2.38. The average molecular weight is 560 g/mol. The van der Waals surface area contributed by atoms with Crippen molar-refractivity contribution in [3.05, 3.63) is 81.0 Å². The maximum atomic E-state index is 13.5. The van der Waals surface area contributed by atoms with Crippen LogP contribution >= 0.6 is 22.9 Å². The molecule has 2 aliphatic heterocycles. The van der Waals surface area contributed by atoms with E-state index in [1.165, 1.54) is 26.9 Å². The van der Waals surface area contributed by atoms with E-state index in [2.05, 4.69) is 28.5 Å². The summed E-state index contributed by atoms with van der Waals surface area (Å²) < 4.78 is 33.2. The first kappa shape index (κ1) is 26.2. The summed E-state index contributed by atoms with van der Waals surface area (Å²) in [6.45, 7) is 3.90. The van der Waals surface area contributed by atoms with E-state index in [1.807, 2.05) is 19.1 Å². The number of rotatable bonds is 6. The number of fused-ring (bicyclic) bond motifs is 1. The van der Waals surface area contributed by atoms with Gasteiger partial charge in [0.1, 0.15) is 5.75 Å². The predicted octanol–water partition coefficient (Wildman–Crippen LogP) is 4.28. The fourth-order valence-electron chi connectivity index (χ4n) is 5.26. The molecule has 0 bridgehead atoms. The van der Waals surface area contributed by atoms with Crippen molar-refractivity contribution >= 4 is 38.9 Å². The van der Waals surface area contributed by atoms with Crippen molar-refractivity contribution in [3.8, 4) is 5.75 Å². The molecule has 1 saturated heterocycles. The number of hydrogen-bond donors (Lipinski definition) is 0. The Labute approximate surface area is 227 Å². The summed E-state index contributed by atoms with van der Waals surface area (Å²) in [5.41, 5.74) is 2.38. The van der Waals surface area contributed by atoms with Gasteiger partial charge in [-0.1, -0.05) is 23.7 Å². The molecule has 7 nitrogen and oxygen atoms in total. The van der Waals surface area contributed by atoms with Crippen molar-refractivity contribution in [2.75, 3.05) is 39.8 Å². The molecule has 0 saturated carbocycles. The SMILES string of the molecule is COc1ccc(C2c3ccsc3CCN2CC(=O)N2CCN(S(=O)(=O)c3ccc(Cl)cc3)C(C)C2)cc1. The summed E-state index contributed by atoms with van der Waals surface area (Å²) in [7, 11) is -2.01. The third kappa shape index (κ3) is 5.28. The zero-order valence-electron chi connectivity index (χ0n) is 20.8. The molecule has 10 heteroatoms. The molecule has 5 rings (SSSR count). The number of hydrogen-bond acceptors (Lipinski definition) is 6. The molecular formula is C27H30ClN3O4S2. The van der Waals surface area contributed by atoms with Crippen LogP contribution < -0.4 is 4.74 Å². The highest BCUT2D eigenvalue weighted by molar-refractivity contribution is 7.89. The molecule has 0 spiro atoms. The summed E-state index contributed by atoms with van der Waals surface area (Å²) >= 11 is 7.70. The minimum Gasteiger partial charge on any atom is -0.497 e. The zero-order valence-corrected chi connectivity index (χ0v) is 23.2. The van der Waals surface area contributed by atoms with Gasteiger partial charge in [0.15, 0.2) is 0 Å². The number of methoxy groups -OCH3 is 1. The van der Waals surface area contributed by atoms with Crippen molar-refractivity contribution in [3.63, 3.8) is 0 Å². The molecule has 2 unspecified atom stereocenters. The van der Waals surface area contributed by atoms with Gasteiger partial charge in [-0.25, -0.2) is 8.42 Å². The van der Waals surface area contributed by atoms with Crippen LogP contribution in [0.25, 0.3) is 0 Å². The van der Waals surface area contributed by atoms with Crippen LogP contribution in [0, 0.1) is 0 Å². The van der Waals surface area contributed by atoms with Crippen molar-refractivity contribution in [1.29, 1.82) is 0 Å². The average Bonchev–Trinajstić information content (AvgIpc) is 3.37. The fraction of sp³-hybridized carbons (Fsp3) is 0.370. The Hall–Kier alpha value is -2.43. The molecule has 2 atom stereocenters. The number of ether oxygens (including phenoxy) is 1. The Morgan fingerprint density at radius 3 is 2.46 bits per heavy atom. The van der Waals surface area contributed by atoms with E-state index < -0.39 is 10.0 Å². The van der Waals surface area contributed by atoms with Gasteiger partial charge in [0, 0.05) is 42.1 Å². The largest absolute Gasteiger partial charge is 0.497 e. The molecule has 2 aliphatic rings. The Morgan fingerprint density at radius 1 is 1.05 bits per heavy atom. The quantitative estimate of drug-likeness (QED) is 0.451. The molecule has 3 aromatic rings. The Balaban J connectivity index is 1.30. The minimum atomic E-state index is -3.66. The lowest BCUT2D eigenvalue weighted by molar-refractivity contribution is -0.135. The third-order valence-electron chi connectivity index (χ3n) is 7.18. The smallest absolute Gasteiger partial charge is 0.243 e. The molecule has 0 N–H and O–H groups in total. The Kier molecular flexibility index (Phi) is 7.60. The Bertz CT molecular complexity index is 1360. The lowest BCUT2D eigenvalue weighted by atomic mass is 9.93. The third-order valence-corrected chi connectivity index (χ3v) is 10.5. The van der Waals surface area contributed by atoms with Gasteiger partial charge in [-0.3, -0.25) is 9.69 Å². The Morgan fingerprint density at radius 2 is 1.78 bits per heavy atom. The van der Waals surface area contributed by atoms with Gasteiger partial charge in [0.2, 0.25) is 15.9 Å². The lowest BCUT2D eigenvalue weighted by Gasteiger charge is -2.41. The van der Waals surface area contributed by atoms with Gasteiger partial charge in [-0.2, -0.15) is 4.31 Å². The summed E-state index contributed by atoms with van der Waals surface area (Å²) in [6.07, 6.45) is 0.913. The van der Waals surface area contributed by atoms with Crippen molar-refractivity contribution in [1.82, 2.24) is 14.1 Å². The highest BCUT2D eigenvalue weighted by Gasteiger charge is 2.37. The number of nitrogens with zero attached hydrogens (tertiary/aromatic N) is 3. The van der Waals surface area contributed by atoms with Gasteiger partial charge < -0.3 is 9.64 Å². The van der Waals surface area contributed by atoms with Crippen LogP contribution in [0.4, 0.5) is 0 Å². The molecular weight excluding hydrogens is 530 g/mol. The van der Waals surface area contributed by atoms with Crippen LogP contribution in [0.2, 0.25) is 5.02 Å². The second kappa shape index (κ2) is 10.7. The number of halogens is 1. The number of piperazine rings is 1. The number of sulfonamides is 1. The number of thiophene rings is 1. The van der Waals surface area contributed by atoms with Crippen molar-refractivity contribution in [2.24, 2.45) is 0 Å². The van der Waals surface area contributed by atoms with Gasteiger partial charge in [-0.15, -0.1) is 11.3 Å². The first-order valence-corrected chi connectivity index (χ1v) is 15.0. The number of amides is 1. The molecule has 1 aromatic heterocycles. The molecule has 3 heterocycles. The maximum Gasteiger partial charge on any atom is 0.243 e. The van der Waals surface area contributed by atoms with E-state index in [9.17, 15) is 13.2 Å². The fourth-order valence-corrected chi connectivity index (χ4v) is 7.90. The monoisotopic (exact) mass is 559 g/mol. The summed E-state index contributed by atoms with van der Waals surface area (Å²) in [4.78, 5) is 19.1. The molecule has 0 radical (unpaired) electrons. The van der Waals surface area contributed by atoms with E-state index in [0.29, 0.717) is 18.1 Å². The van der Waals surface area contributed by atoms with Crippen molar-refractivity contribution in [2.45, 2.75) is 30.3 Å². The van der Waals surface area contributed by atoms with Gasteiger partial charge in [0.05, 0.1) is 24.6 Å². The predicted molar refractivity (Wildman–Crippen MR) is 146 cm³/mol. The molecule has 2 aromatic carbocycles.